The van der Waals surface area contributed by atoms with Crippen molar-refractivity contribution in [2.45, 2.75) is 50.2 Å². The molecule has 2 fully saturated rings. The Kier molecular flexibility index (Phi) is 3.17. The van der Waals surface area contributed by atoms with Crippen LogP contribution >= 0.6 is 0 Å². The summed E-state index contributed by atoms with van der Waals surface area (Å²) in [7, 11) is 0. The van der Waals surface area contributed by atoms with Gasteiger partial charge in [-0.25, -0.2) is 13.2 Å². The van der Waals surface area contributed by atoms with Gasteiger partial charge in [-0.1, -0.05) is 0 Å². The normalized spacial score (nSPS) is 30.5. The van der Waals surface area contributed by atoms with E-state index in [1.807, 2.05) is 4.90 Å². The fraction of sp³-hybridized carbons (Fsp3) is 0.571. The van der Waals surface area contributed by atoms with E-state index in [9.17, 15) is 13.2 Å². The molecule has 2 aliphatic rings. The first kappa shape index (κ1) is 12.8. The highest BCUT2D eigenvalue weighted by Crippen LogP contribution is 2.38. The molecule has 2 nitrogen and oxygen atoms in total. The molecule has 0 saturated carbocycles. The van der Waals surface area contributed by atoms with E-state index in [0.29, 0.717) is 6.07 Å². The summed E-state index contributed by atoms with van der Waals surface area (Å²) >= 11 is 0. The highest BCUT2D eigenvalue weighted by Gasteiger charge is 2.38. The molecule has 1 aromatic carbocycles. The van der Waals surface area contributed by atoms with Crippen molar-refractivity contribution in [3.8, 4) is 0 Å². The molecule has 2 unspecified atom stereocenters. The minimum absolute atomic E-state index is 0.125. The summed E-state index contributed by atoms with van der Waals surface area (Å²) in [6, 6.07) is 2.02. The fourth-order valence-electron chi connectivity index (χ4n) is 3.53. The van der Waals surface area contributed by atoms with E-state index in [-0.39, 0.29) is 23.8 Å². The van der Waals surface area contributed by atoms with Gasteiger partial charge in [0, 0.05) is 30.3 Å². The largest absolute Gasteiger partial charge is 0.363 e. The number of fused-ring (bicyclic) bond motifs is 2. The Bertz CT molecular complexity index is 478. The average molecular weight is 270 g/mol. The molecule has 2 atom stereocenters. The lowest BCUT2D eigenvalue weighted by Crippen LogP contribution is -2.55. The van der Waals surface area contributed by atoms with Crippen LogP contribution in [0.2, 0.25) is 0 Å². The van der Waals surface area contributed by atoms with Gasteiger partial charge in [0.2, 0.25) is 0 Å². The van der Waals surface area contributed by atoms with Crippen LogP contribution in [0.5, 0.6) is 0 Å². The monoisotopic (exact) mass is 270 g/mol. The zero-order chi connectivity index (χ0) is 13.6. The Morgan fingerprint density at radius 3 is 2.16 bits per heavy atom. The number of hydrogen-bond acceptors (Lipinski definition) is 2. The third kappa shape index (κ3) is 2.20. The Balaban J connectivity index is 1.99. The molecule has 2 N–H and O–H groups in total. The molecule has 2 aliphatic heterocycles. The number of anilines is 1. The van der Waals surface area contributed by atoms with Gasteiger partial charge in [-0.2, -0.15) is 0 Å². The molecule has 104 valence electrons. The maximum Gasteiger partial charge on any atom is 0.161 e. The smallest absolute Gasteiger partial charge is 0.161 e. The standard InChI is InChI=1S/C14H17F3N2/c15-11-6-13(17)14(7-12(11)16)19-9-2-1-3-10(19)5-8(18)4-9/h6-10H,1-5,18H2. The highest BCUT2D eigenvalue weighted by atomic mass is 19.2. The molecule has 0 radical (unpaired) electrons. The summed E-state index contributed by atoms with van der Waals surface area (Å²) in [6.07, 6.45) is 4.53. The molecule has 2 saturated heterocycles. The van der Waals surface area contributed by atoms with Crippen LogP contribution in [0.4, 0.5) is 18.9 Å². The molecule has 2 heterocycles. The lowest BCUT2D eigenvalue weighted by molar-refractivity contribution is 0.268. The number of hydrogen-bond donors (Lipinski definition) is 1. The summed E-state index contributed by atoms with van der Waals surface area (Å²) in [5, 5.41) is 0. The highest BCUT2D eigenvalue weighted by molar-refractivity contribution is 5.51. The SMILES string of the molecule is NC1CC2CCCC(C1)N2c1cc(F)c(F)cc1F. The Labute approximate surface area is 110 Å². The number of benzene rings is 1. The van der Waals surface area contributed by atoms with Gasteiger partial charge in [0.15, 0.2) is 11.6 Å². The number of piperidine rings is 2. The van der Waals surface area contributed by atoms with Gasteiger partial charge in [0.05, 0.1) is 5.69 Å². The lowest BCUT2D eigenvalue weighted by atomic mass is 9.81. The van der Waals surface area contributed by atoms with Crippen LogP contribution in [0.25, 0.3) is 0 Å². The molecule has 0 aromatic heterocycles. The van der Waals surface area contributed by atoms with Crippen LogP contribution in [0.15, 0.2) is 12.1 Å². The van der Waals surface area contributed by atoms with E-state index in [4.69, 9.17) is 5.73 Å². The summed E-state index contributed by atoms with van der Waals surface area (Å²) in [6.45, 7) is 0. The maximum atomic E-state index is 13.9. The van der Waals surface area contributed by atoms with E-state index >= 15 is 0 Å². The van der Waals surface area contributed by atoms with Crippen molar-refractivity contribution in [1.82, 2.24) is 0 Å². The minimum Gasteiger partial charge on any atom is -0.363 e. The molecule has 19 heavy (non-hydrogen) atoms. The lowest BCUT2D eigenvalue weighted by Gasteiger charge is -2.49. The quantitative estimate of drug-likeness (QED) is 0.795. The molecule has 5 heteroatoms. The van der Waals surface area contributed by atoms with Crippen molar-refractivity contribution in [3.05, 3.63) is 29.6 Å². The van der Waals surface area contributed by atoms with E-state index in [0.717, 1.165) is 38.2 Å². The van der Waals surface area contributed by atoms with E-state index in [2.05, 4.69) is 0 Å². The first-order valence-electron chi connectivity index (χ1n) is 6.74. The second-order valence-corrected chi connectivity index (χ2v) is 5.60. The number of nitrogens with zero attached hydrogens (tertiary/aromatic N) is 1. The van der Waals surface area contributed by atoms with Gasteiger partial charge in [-0.05, 0) is 32.1 Å². The third-order valence-electron chi connectivity index (χ3n) is 4.28. The van der Waals surface area contributed by atoms with Gasteiger partial charge < -0.3 is 10.6 Å². The first-order valence-corrected chi connectivity index (χ1v) is 6.74. The molecule has 1 aromatic rings. The molecule has 0 amide bonds. The second-order valence-electron chi connectivity index (χ2n) is 5.60. The molecule has 3 rings (SSSR count). The third-order valence-corrected chi connectivity index (χ3v) is 4.28. The number of rotatable bonds is 1. The summed E-state index contributed by atoms with van der Waals surface area (Å²) in [5.74, 6) is -2.82. The van der Waals surface area contributed by atoms with Crippen LogP contribution < -0.4 is 10.6 Å². The zero-order valence-corrected chi connectivity index (χ0v) is 10.6. The van der Waals surface area contributed by atoms with Crippen molar-refractivity contribution in [3.63, 3.8) is 0 Å². The average Bonchev–Trinajstić information content (AvgIpc) is 2.33. The van der Waals surface area contributed by atoms with Crippen molar-refractivity contribution in [2.24, 2.45) is 5.73 Å². The molecule has 2 bridgehead atoms. The summed E-state index contributed by atoms with van der Waals surface area (Å²) in [5.41, 5.74) is 6.18. The second kappa shape index (κ2) is 4.71. The topological polar surface area (TPSA) is 29.3 Å². The van der Waals surface area contributed by atoms with Crippen LogP contribution in [0, 0.1) is 17.5 Å². The van der Waals surface area contributed by atoms with E-state index < -0.39 is 17.5 Å². The van der Waals surface area contributed by atoms with Gasteiger partial charge in [-0.15, -0.1) is 0 Å². The molecular weight excluding hydrogens is 253 g/mol. The van der Waals surface area contributed by atoms with E-state index in [1.54, 1.807) is 0 Å². The van der Waals surface area contributed by atoms with Crippen molar-refractivity contribution in [2.75, 3.05) is 4.90 Å². The predicted octanol–water partition coefficient (Wildman–Crippen LogP) is 2.95. The number of nitrogens with two attached hydrogens (primary N) is 1. The van der Waals surface area contributed by atoms with Crippen molar-refractivity contribution in [1.29, 1.82) is 0 Å². The van der Waals surface area contributed by atoms with Crippen LogP contribution in [0.3, 0.4) is 0 Å². The molecular formula is C14H17F3N2. The van der Waals surface area contributed by atoms with E-state index in [1.165, 1.54) is 0 Å². The van der Waals surface area contributed by atoms with Gasteiger partial charge in [0.25, 0.3) is 0 Å². The van der Waals surface area contributed by atoms with Gasteiger partial charge >= 0.3 is 0 Å². The predicted molar refractivity (Wildman–Crippen MR) is 67.4 cm³/mol. The molecule has 0 aliphatic carbocycles. The van der Waals surface area contributed by atoms with Crippen LogP contribution in [-0.2, 0) is 0 Å². The fourth-order valence-corrected chi connectivity index (χ4v) is 3.53. The zero-order valence-electron chi connectivity index (χ0n) is 10.6. The van der Waals surface area contributed by atoms with Crippen LogP contribution in [-0.4, -0.2) is 18.1 Å². The summed E-state index contributed by atoms with van der Waals surface area (Å²) < 4.78 is 40.3. The van der Waals surface area contributed by atoms with Gasteiger partial charge in [0.1, 0.15) is 5.82 Å². The molecule has 0 spiro atoms. The maximum absolute atomic E-state index is 13.9. The minimum atomic E-state index is -1.14. The van der Waals surface area contributed by atoms with Crippen molar-refractivity contribution >= 4 is 5.69 Å². The Morgan fingerprint density at radius 2 is 1.53 bits per heavy atom. The Hall–Kier alpha value is -1.23. The van der Waals surface area contributed by atoms with Crippen LogP contribution in [0.1, 0.15) is 32.1 Å². The first-order chi connectivity index (χ1) is 9.06. The number of halogens is 3. The van der Waals surface area contributed by atoms with Crippen molar-refractivity contribution < 1.29 is 13.2 Å². The Morgan fingerprint density at radius 1 is 0.947 bits per heavy atom. The van der Waals surface area contributed by atoms with Gasteiger partial charge in [-0.3, -0.25) is 0 Å². The summed E-state index contributed by atoms with van der Waals surface area (Å²) in [4.78, 5) is 1.92.